The second-order valence-electron chi connectivity index (χ2n) is 14.5. The molecule has 2 atom stereocenters. The molecule has 1 saturated heterocycles. The van der Waals surface area contributed by atoms with E-state index in [0.717, 1.165) is 53.8 Å². The molecule has 3 aliphatic heterocycles. The summed E-state index contributed by atoms with van der Waals surface area (Å²) in [5.74, 6) is -1.53. The molecule has 18 heteroatoms. The molecule has 0 aliphatic carbocycles. The van der Waals surface area contributed by atoms with Crippen molar-refractivity contribution in [1.82, 2.24) is 30.1 Å². The number of nitrogens with one attached hydrogen (secondary N) is 1. The van der Waals surface area contributed by atoms with Crippen molar-refractivity contribution in [2.24, 2.45) is 0 Å². The van der Waals surface area contributed by atoms with E-state index < -0.39 is 30.1 Å². The summed E-state index contributed by atoms with van der Waals surface area (Å²) in [7, 11) is 0. The zero-order chi connectivity index (χ0) is 40.8. The highest BCUT2D eigenvalue weighted by atomic mass is 35.5. The van der Waals surface area contributed by atoms with Crippen LogP contribution in [-0.2, 0) is 23.9 Å². The Morgan fingerprint density at radius 3 is 2.34 bits per heavy atom. The van der Waals surface area contributed by atoms with Gasteiger partial charge in [-0.05, 0) is 81.5 Å². The Balaban J connectivity index is 0.000000677. The first-order valence-electron chi connectivity index (χ1n) is 18.2. The number of halogens is 5. The topological polar surface area (TPSA) is 139 Å². The average Bonchev–Trinajstić information content (AvgIpc) is 3.55. The van der Waals surface area contributed by atoms with Gasteiger partial charge in [-0.15, -0.1) is 18.3 Å². The second-order valence-corrected chi connectivity index (χ2v) is 15.3. The standard InChI is InChI=1S/C35H41Cl2N7O4.C3H3F3O2/c1-35(2,3)48-34(47)41-16-17-42-26-9-7-8-24(18-26)28(10-5-4-6-14-38-33(46)30(42)21-41)43-15-13-23(19-32(43)45)27-20-25(36)11-12-29(27)44-22-31(37)39-40-44;1-2(7)8-3(4,5)6/h7-9,11-12,18-20,22,28,30H,4-6,10,13-17,21H2,1-3H3,(H,38,46);1H3/t28-,30+;/m0./s1. The molecule has 2 bridgehead atoms. The summed E-state index contributed by atoms with van der Waals surface area (Å²) in [4.78, 5) is 55.6. The maximum atomic E-state index is 14.0. The van der Waals surface area contributed by atoms with Gasteiger partial charge in [0.15, 0.2) is 5.15 Å². The monoisotopic (exact) mass is 821 g/mol. The van der Waals surface area contributed by atoms with E-state index in [0.29, 0.717) is 44.5 Å². The molecule has 3 amide bonds. The first-order chi connectivity index (χ1) is 26.4. The summed E-state index contributed by atoms with van der Waals surface area (Å²) in [6.45, 7) is 8.39. The maximum absolute atomic E-state index is 14.0. The molecule has 0 saturated carbocycles. The number of amides is 3. The molecule has 0 spiro atoms. The van der Waals surface area contributed by atoms with E-state index >= 15 is 0 Å². The number of piperazine rings is 1. The molecule has 2 aromatic carbocycles. The van der Waals surface area contributed by atoms with Crippen molar-refractivity contribution >= 4 is 58.3 Å². The van der Waals surface area contributed by atoms with Crippen LogP contribution < -0.4 is 10.2 Å². The molecule has 13 nitrogen and oxygen atoms in total. The molecule has 0 unspecified atom stereocenters. The highest BCUT2D eigenvalue weighted by molar-refractivity contribution is 6.31. The van der Waals surface area contributed by atoms with Gasteiger partial charge in [-0.2, -0.15) is 0 Å². The average molecular weight is 823 g/mol. The van der Waals surface area contributed by atoms with E-state index in [-0.39, 0.29) is 29.6 Å². The summed E-state index contributed by atoms with van der Waals surface area (Å²) < 4.78 is 42.6. The number of aromatic nitrogens is 3. The van der Waals surface area contributed by atoms with E-state index in [1.54, 1.807) is 27.9 Å². The number of benzene rings is 2. The van der Waals surface area contributed by atoms with Gasteiger partial charge in [0.2, 0.25) is 11.8 Å². The van der Waals surface area contributed by atoms with Crippen LogP contribution >= 0.6 is 23.2 Å². The minimum atomic E-state index is -4.83. The Morgan fingerprint density at radius 1 is 0.929 bits per heavy atom. The van der Waals surface area contributed by atoms with Crippen LogP contribution in [0.1, 0.15) is 77.0 Å². The van der Waals surface area contributed by atoms with Crippen molar-refractivity contribution in [2.45, 2.75) is 83.8 Å². The van der Waals surface area contributed by atoms with Crippen LogP contribution in [0.4, 0.5) is 23.7 Å². The number of ether oxygens (including phenoxy) is 2. The number of hydrogen-bond donors (Lipinski definition) is 1. The largest absolute Gasteiger partial charge is 0.575 e. The molecule has 6 rings (SSSR count). The quantitative estimate of drug-likeness (QED) is 0.274. The SMILES string of the molecule is CC(=O)OC(F)(F)F.CC(C)(C)OC(=O)N1CCN2c3cccc(c3)[C@@H](N3CCC(c4cc(Cl)ccc4-n4cc(Cl)nn4)=CC3=O)CCCCCNC(=O)[C@H]2C1. The third-order valence-electron chi connectivity index (χ3n) is 9.23. The number of carbonyl (C=O) groups excluding carboxylic acids is 4. The fourth-order valence-electron chi connectivity index (χ4n) is 6.86. The Hall–Kier alpha value is -4.83. The second kappa shape index (κ2) is 18.0. The van der Waals surface area contributed by atoms with Gasteiger partial charge >= 0.3 is 18.4 Å². The minimum Gasteiger partial charge on any atom is -0.444 e. The number of alkyl halides is 3. The molecule has 1 aromatic heterocycles. The van der Waals surface area contributed by atoms with Crippen molar-refractivity contribution in [3.05, 3.63) is 76.0 Å². The van der Waals surface area contributed by atoms with Gasteiger partial charge in [0.05, 0.1) is 24.5 Å². The third kappa shape index (κ3) is 11.4. The van der Waals surface area contributed by atoms with Crippen molar-refractivity contribution in [2.75, 3.05) is 37.6 Å². The van der Waals surface area contributed by atoms with Crippen LogP contribution in [0.5, 0.6) is 0 Å². The molecule has 4 heterocycles. The molecule has 56 heavy (non-hydrogen) atoms. The molecule has 3 aliphatic rings. The molecule has 1 fully saturated rings. The number of rotatable bonds is 3. The Morgan fingerprint density at radius 2 is 1.70 bits per heavy atom. The van der Waals surface area contributed by atoms with Crippen molar-refractivity contribution < 1.29 is 41.8 Å². The summed E-state index contributed by atoms with van der Waals surface area (Å²) in [5.41, 5.74) is 3.69. The van der Waals surface area contributed by atoms with Crippen molar-refractivity contribution in [1.29, 1.82) is 0 Å². The van der Waals surface area contributed by atoms with E-state index in [4.69, 9.17) is 27.9 Å². The van der Waals surface area contributed by atoms with Gasteiger partial charge < -0.3 is 29.5 Å². The number of carbonyl (C=O) groups is 4. The molecular formula is C38H44Cl2F3N7O6. The third-order valence-corrected chi connectivity index (χ3v) is 9.64. The van der Waals surface area contributed by atoms with Crippen LogP contribution in [0, 0.1) is 0 Å². The summed E-state index contributed by atoms with van der Waals surface area (Å²) in [6, 6.07) is 12.9. The normalized spacial score (nSPS) is 19.5. The molecular weight excluding hydrogens is 778 g/mol. The zero-order valence-electron chi connectivity index (χ0n) is 31.4. The zero-order valence-corrected chi connectivity index (χ0v) is 33.0. The molecule has 1 N–H and O–H groups in total. The predicted molar refractivity (Wildman–Crippen MR) is 203 cm³/mol. The Kier molecular flexibility index (Phi) is 13.6. The summed E-state index contributed by atoms with van der Waals surface area (Å²) in [5, 5.41) is 12.0. The van der Waals surface area contributed by atoms with Crippen LogP contribution in [0.25, 0.3) is 11.3 Å². The number of fused-ring (bicyclic) bond motifs is 4. The van der Waals surface area contributed by atoms with Gasteiger partial charge in [0.25, 0.3) is 0 Å². The van der Waals surface area contributed by atoms with Crippen LogP contribution in [0.2, 0.25) is 10.2 Å². The van der Waals surface area contributed by atoms with E-state index in [1.807, 2.05) is 49.9 Å². The Bertz CT molecular complexity index is 1950. The van der Waals surface area contributed by atoms with Gasteiger partial charge in [0.1, 0.15) is 11.6 Å². The number of hydrogen-bond acceptors (Lipinski definition) is 9. The van der Waals surface area contributed by atoms with Crippen molar-refractivity contribution in [3.8, 4) is 5.69 Å². The first-order valence-corrected chi connectivity index (χ1v) is 18.9. The van der Waals surface area contributed by atoms with Gasteiger partial charge in [-0.1, -0.05) is 53.4 Å². The lowest BCUT2D eigenvalue weighted by Gasteiger charge is -2.42. The first kappa shape index (κ1) is 42.3. The number of nitrogens with zero attached hydrogens (tertiary/aromatic N) is 6. The molecule has 0 radical (unpaired) electrons. The van der Waals surface area contributed by atoms with Gasteiger partial charge in [-0.25, -0.2) is 9.48 Å². The molecule has 302 valence electrons. The highest BCUT2D eigenvalue weighted by Gasteiger charge is 2.37. The fraction of sp³-hybridized carbons (Fsp3) is 0.474. The smallest absolute Gasteiger partial charge is 0.444 e. The lowest BCUT2D eigenvalue weighted by molar-refractivity contribution is -0.304. The maximum Gasteiger partial charge on any atom is 0.575 e. The minimum absolute atomic E-state index is 0.0702. The van der Waals surface area contributed by atoms with Crippen LogP contribution in [0.15, 0.2) is 54.7 Å². The Labute approximate surface area is 332 Å². The van der Waals surface area contributed by atoms with Crippen LogP contribution in [0.3, 0.4) is 0 Å². The van der Waals surface area contributed by atoms with Gasteiger partial charge in [0, 0.05) is 55.5 Å². The van der Waals surface area contributed by atoms with Crippen molar-refractivity contribution in [3.63, 3.8) is 0 Å². The highest BCUT2D eigenvalue weighted by Crippen LogP contribution is 2.37. The lowest BCUT2D eigenvalue weighted by Crippen LogP contribution is -2.60. The number of esters is 1. The summed E-state index contributed by atoms with van der Waals surface area (Å²) >= 11 is 12.5. The van der Waals surface area contributed by atoms with Gasteiger partial charge in [-0.3, -0.25) is 14.4 Å². The van der Waals surface area contributed by atoms with Crippen LogP contribution in [-0.4, -0.2) is 99.4 Å². The van der Waals surface area contributed by atoms with E-state index in [2.05, 4.69) is 37.4 Å². The van der Waals surface area contributed by atoms with E-state index in [1.165, 1.54) is 0 Å². The molecule has 3 aromatic rings. The number of anilines is 1. The van der Waals surface area contributed by atoms with E-state index in [9.17, 15) is 32.3 Å². The lowest BCUT2D eigenvalue weighted by atomic mass is 9.93. The predicted octanol–water partition coefficient (Wildman–Crippen LogP) is 7.12. The summed E-state index contributed by atoms with van der Waals surface area (Å²) in [6.07, 6.45) is 2.13. The fourth-order valence-corrected chi connectivity index (χ4v) is 7.16.